The summed E-state index contributed by atoms with van der Waals surface area (Å²) in [6.07, 6.45) is 5.14. The van der Waals surface area contributed by atoms with Crippen molar-refractivity contribution in [1.29, 1.82) is 0 Å². The predicted molar refractivity (Wildman–Crippen MR) is 106 cm³/mol. The van der Waals surface area contributed by atoms with Gasteiger partial charge in [0.25, 0.3) is 0 Å². The van der Waals surface area contributed by atoms with Crippen molar-refractivity contribution < 1.29 is 9.53 Å². The van der Waals surface area contributed by atoms with Gasteiger partial charge in [0, 0.05) is 29.4 Å². The minimum Gasteiger partial charge on any atom is -0.487 e. The summed E-state index contributed by atoms with van der Waals surface area (Å²) >= 11 is 0. The molecule has 27 heavy (non-hydrogen) atoms. The zero-order valence-electron chi connectivity index (χ0n) is 16.1. The molecule has 0 bridgehead atoms. The highest BCUT2D eigenvalue weighted by Gasteiger charge is 2.32. The summed E-state index contributed by atoms with van der Waals surface area (Å²) in [7, 11) is 0. The molecule has 2 aromatic heterocycles. The zero-order chi connectivity index (χ0) is 19.2. The lowest BCUT2D eigenvalue weighted by Crippen LogP contribution is -2.35. The smallest absolute Gasteiger partial charge is 0.224 e. The lowest BCUT2D eigenvalue weighted by Gasteiger charge is -2.31. The van der Waals surface area contributed by atoms with E-state index in [-0.39, 0.29) is 5.78 Å². The van der Waals surface area contributed by atoms with Gasteiger partial charge < -0.3 is 15.0 Å². The lowest BCUT2D eigenvalue weighted by molar-refractivity contribution is 0.0620. The van der Waals surface area contributed by atoms with Crippen LogP contribution in [0.2, 0.25) is 0 Å². The van der Waals surface area contributed by atoms with Crippen LogP contribution in [0.5, 0.6) is 5.75 Å². The van der Waals surface area contributed by atoms with E-state index < -0.39 is 5.60 Å². The van der Waals surface area contributed by atoms with Gasteiger partial charge in [-0.2, -0.15) is 4.98 Å². The summed E-state index contributed by atoms with van der Waals surface area (Å²) in [4.78, 5) is 24.6. The zero-order valence-corrected chi connectivity index (χ0v) is 16.1. The first-order valence-electron chi connectivity index (χ1n) is 9.33. The van der Waals surface area contributed by atoms with Crippen molar-refractivity contribution in [2.75, 3.05) is 5.32 Å². The molecule has 0 fully saturated rings. The molecule has 3 aromatic rings. The van der Waals surface area contributed by atoms with E-state index in [9.17, 15) is 4.79 Å². The molecule has 3 heterocycles. The average molecular weight is 364 g/mol. The second-order valence-corrected chi connectivity index (χ2v) is 7.78. The third-order valence-corrected chi connectivity index (χ3v) is 4.99. The number of Topliss-reactive ketones (excluding diaryl/α,β-unsaturated/α-hetero) is 1. The first-order chi connectivity index (χ1) is 12.9. The summed E-state index contributed by atoms with van der Waals surface area (Å²) < 4.78 is 6.04. The van der Waals surface area contributed by atoms with Crippen molar-refractivity contribution in [3.8, 4) is 16.9 Å². The van der Waals surface area contributed by atoms with E-state index in [1.54, 1.807) is 0 Å². The van der Waals surface area contributed by atoms with Crippen molar-refractivity contribution in [3.63, 3.8) is 0 Å². The van der Waals surface area contributed by atoms with Gasteiger partial charge in [0.2, 0.25) is 5.95 Å². The van der Waals surface area contributed by atoms with Crippen LogP contribution < -0.4 is 10.1 Å². The van der Waals surface area contributed by atoms with Gasteiger partial charge in [-0.1, -0.05) is 13.0 Å². The van der Waals surface area contributed by atoms with Crippen molar-refractivity contribution >= 4 is 22.8 Å². The summed E-state index contributed by atoms with van der Waals surface area (Å²) in [5.41, 5.74) is 2.90. The number of hydrogen-bond acceptors (Lipinski definition) is 5. The van der Waals surface area contributed by atoms with E-state index in [1.807, 2.05) is 44.4 Å². The average Bonchev–Trinajstić information content (AvgIpc) is 3.03. The Bertz CT molecular complexity index is 1020. The Morgan fingerprint density at radius 3 is 2.93 bits per heavy atom. The van der Waals surface area contributed by atoms with Crippen LogP contribution in [0, 0.1) is 0 Å². The molecule has 1 atom stereocenters. The number of nitrogens with one attached hydrogen (secondary N) is 2. The number of anilines is 1. The molecule has 0 saturated heterocycles. The third-order valence-electron chi connectivity index (χ3n) is 4.99. The van der Waals surface area contributed by atoms with Crippen LogP contribution in [0.25, 0.3) is 22.2 Å². The van der Waals surface area contributed by atoms with Crippen LogP contribution in [0.4, 0.5) is 5.95 Å². The Morgan fingerprint density at radius 2 is 2.15 bits per heavy atom. The van der Waals surface area contributed by atoms with E-state index in [4.69, 9.17) is 4.74 Å². The highest BCUT2D eigenvalue weighted by atomic mass is 16.5. The first kappa shape index (κ1) is 17.5. The van der Waals surface area contributed by atoms with Crippen LogP contribution in [-0.4, -0.2) is 32.4 Å². The van der Waals surface area contributed by atoms with E-state index in [1.165, 1.54) is 0 Å². The topological polar surface area (TPSA) is 79.9 Å². The monoisotopic (exact) mass is 364 g/mol. The Labute approximate surface area is 158 Å². The van der Waals surface area contributed by atoms with E-state index in [2.05, 4.69) is 34.1 Å². The first-order valence-corrected chi connectivity index (χ1v) is 9.33. The second kappa shape index (κ2) is 6.37. The molecule has 0 aliphatic carbocycles. The van der Waals surface area contributed by atoms with Crippen molar-refractivity contribution in [2.24, 2.45) is 0 Å². The molecule has 6 heteroatoms. The predicted octanol–water partition coefficient (Wildman–Crippen LogP) is 4.58. The second-order valence-electron chi connectivity index (χ2n) is 7.78. The summed E-state index contributed by atoms with van der Waals surface area (Å²) in [5.74, 6) is 1.38. The molecular formula is C21H24N4O2. The number of aromatic amines is 1. The van der Waals surface area contributed by atoms with Crippen LogP contribution in [-0.2, 0) is 0 Å². The number of carbonyl (C=O) groups excluding carboxylic acids is 1. The maximum absolute atomic E-state index is 12.3. The minimum atomic E-state index is -0.484. The van der Waals surface area contributed by atoms with Gasteiger partial charge in [-0.05, 0) is 44.9 Å². The molecule has 0 amide bonds. The van der Waals surface area contributed by atoms with E-state index in [0.717, 1.165) is 28.6 Å². The highest BCUT2D eigenvalue weighted by Crippen LogP contribution is 2.37. The Morgan fingerprint density at radius 1 is 1.33 bits per heavy atom. The lowest BCUT2D eigenvalue weighted by atomic mass is 9.91. The van der Waals surface area contributed by atoms with Gasteiger partial charge in [0.05, 0.1) is 12.0 Å². The van der Waals surface area contributed by atoms with Gasteiger partial charge in [-0.15, -0.1) is 0 Å². The standard InChI is InChI=1S/C21H24N4O2/c1-5-12(2)24-20-23-11-16-15(10-22-19(16)25-20)13-6-7-14-17(26)9-21(3,4)27-18(14)8-13/h6-8,10-12H,5,9H2,1-4H3,(H2,22,23,24,25). The summed E-state index contributed by atoms with van der Waals surface area (Å²) in [5, 5.41) is 4.22. The molecule has 1 aromatic carbocycles. The fourth-order valence-corrected chi connectivity index (χ4v) is 3.36. The summed E-state index contributed by atoms with van der Waals surface area (Å²) in [6.45, 7) is 8.09. The maximum Gasteiger partial charge on any atom is 0.224 e. The fraction of sp³-hybridized carbons (Fsp3) is 0.381. The molecule has 6 nitrogen and oxygen atoms in total. The van der Waals surface area contributed by atoms with E-state index >= 15 is 0 Å². The third kappa shape index (κ3) is 3.27. The van der Waals surface area contributed by atoms with Crippen molar-refractivity contribution in [2.45, 2.75) is 52.2 Å². The van der Waals surface area contributed by atoms with Gasteiger partial charge in [0.1, 0.15) is 17.0 Å². The Kier molecular flexibility index (Phi) is 4.13. The number of benzene rings is 1. The highest BCUT2D eigenvalue weighted by molar-refractivity contribution is 6.02. The molecular weight excluding hydrogens is 340 g/mol. The molecule has 1 aliphatic heterocycles. The number of ether oxygens (including phenoxy) is 1. The van der Waals surface area contributed by atoms with Crippen LogP contribution in [0.3, 0.4) is 0 Å². The largest absolute Gasteiger partial charge is 0.487 e. The maximum atomic E-state index is 12.3. The molecule has 1 aliphatic rings. The number of carbonyl (C=O) groups is 1. The number of ketones is 1. The Balaban J connectivity index is 1.72. The van der Waals surface area contributed by atoms with Gasteiger partial charge >= 0.3 is 0 Å². The molecule has 0 saturated carbocycles. The number of fused-ring (bicyclic) bond motifs is 2. The molecule has 0 radical (unpaired) electrons. The molecule has 0 spiro atoms. The molecule has 2 N–H and O–H groups in total. The van der Waals surface area contributed by atoms with Crippen LogP contribution in [0.1, 0.15) is 50.9 Å². The normalized spacial score (nSPS) is 16.7. The number of H-pyrrole nitrogens is 1. The number of nitrogens with zero attached hydrogens (tertiary/aromatic N) is 2. The number of aromatic nitrogens is 3. The quantitative estimate of drug-likeness (QED) is 0.708. The fourth-order valence-electron chi connectivity index (χ4n) is 3.36. The van der Waals surface area contributed by atoms with Crippen LogP contribution >= 0.6 is 0 Å². The summed E-state index contributed by atoms with van der Waals surface area (Å²) in [6, 6.07) is 6.05. The van der Waals surface area contributed by atoms with Gasteiger partial charge in [-0.25, -0.2) is 4.98 Å². The SMILES string of the molecule is CCC(C)Nc1ncc2c(-c3ccc4c(c3)OC(C)(C)CC4=O)c[nH]c2n1. The molecule has 1 unspecified atom stereocenters. The Hall–Kier alpha value is -2.89. The van der Waals surface area contributed by atoms with Gasteiger partial charge in [-0.3, -0.25) is 4.79 Å². The van der Waals surface area contributed by atoms with Crippen molar-refractivity contribution in [3.05, 3.63) is 36.2 Å². The van der Waals surface area contributed by atoms with E-state index in [0.29, 0.717) is 29.7 Å². The number of rotatable bonds is 4. The van der Waals surface area contributed by atoms with Crippen LogP contribution in [0.15, 0.2) is 30.6 Å². The van der Waals surface area contributed by atoms with Gasteiger partial charge in [0.15, 0.2) is 5.78 Å². The molecule has 140 valence electrons. The van der Waals surface area contributed by atoms with Crippen molar-refractivity contribution in [1.82, 2.24) is 15.0 Å². The minimum absolute atomic E-state index is 0.121. The molecule has 4 rings (SSSR count). The number of hydrogen-bond donors (Lipinski definition) is 2.